The molecule has 1 saturated carbocycles. The van der Waals surface area contributed by atoms with Crippen molar-refractivity contribution >= 4 is 50.4 Å². The topological polar surface area (TPSA) is 100 Å². The van der Waals surface area contributed by atoms with E-state index in [1.54, 1.807) is 6.20 Å². The van der Waals surface area contributed by atoms with E-state index >= 15 is 0 Å². The highest BCUT2D eigenvalue weighted by molar-refractivity contribution is 6.14. The average Bonchev–Trinajstić information content (AvgIpc) is 3.65. The molecule has 0 aliphatic heterocycles. The lowest BCUT2D eigenvalue weighted by Gasteiger charge is -2.12. The number of aliphatic hydroxyl groups excluding tert-OH is 1. The molecule has 0 saturated heterocycles. The van der Waals surface area contributed by atoms with Crippen LogP contribution in [0.4, 0.5) is 11.5 Å². The van der Waals surface area contributed by atoms with Crippen molar-refractivity contribution < 1.29 is 14.3 Å². The van der Waals surface area contributed by atoms with Crippen molar-refractivity contribution in [3.8, 4) is 11.1 Å². The Morgan fingerprint density at radius 3 is 2.76 bits per heavy atom. The van der Waals surface area contributed by atoms with Gasteiger partial charge in [-0.15, -0.1) is 0 Å². The SMILES string of the molecule is O=C(Nc1cc(-c2ccc3nc4c(oc5ccccc54)c(NCCCO)c3c2)ccn1)C1CC1. The van der Waals surface area contributed by atoms with E-state index in [0.717, 1.165) is 57.0 Å². The monoisotopic (exact) mass is 452 g/mol. The number of para-hydroxylation sites is 1. The summed E-state index contributed by atoms with van der Waals surface area (Å²) in [6.07, 6.45) is 4.24. The molecule has 0 spiro atoms. The van der Waals surface area contributed by atoms with Crippen LogP contribution in [-0.4, -0.2) is 34.1 Å². The highest BCUT2D eigenvalue weighted by atomic mass is 16.3. The molecule has 0 radical (unpaired) electrons. The molecule has 1 aliphatic carbocycles. The Bertz CT molecular complexity index is 1540. The van der Waals surface area contributed by atoms with Gasteiger partial charge in [0.2, 0.25) is 5.91 Å². The zero-order chi connectivity index (χ0) is 23.1. The number of aliphatic hydroxyl groups is 1. The van der Waals surface area contributed by atoms with Crippen molar-refractivity contribution in [3.63, 3.8) is 0 Å². The number of fused-ring (bicyclic) bond motifs is 4. The molecule has 3 heterocycles. The summed E-state index contributed by atoms with van der Waals surface area (Å²) < 4.78 is 6.21. The number of pyridine rings is 2. The Morgan fingerprint density at radius 1 is 1.06 bits per heavy atom. The first kappa shape index (κ1) is 20.6. The first-order valence-electron chi connectivity index (χ1n) is 11.6. The predicted octanol–water partition coefficient (Wildman–Crippen LogP) is 5.34. The normalized spacial score (nSPS) is 13.6. The molecule has 1 aliphatic rings. The van der Waals surface area contributed by atoms with E-state index in [2.05, 4.69) is 21.7 Å². The summed E-state index contributed by atoms with van der Waals surface area (Å²) in [5.41, 5.74) is 5.96. The minimum atomic E-state index is 0.0370. The number of anilines is 2. The van der Waals surface area contributed by atoms with Gasteiger partial charge in [0.25, 0.3) is 0 Å². The minimum Gasteiger partial charge on any atom is -0.452 e. The Morgan fingerprint density at radius 2 is 1.91 bits per heavy atom. The van der Waals surface area contributed by atoms with Gasteiger partial charge in [-0.3, -0.25) is 4.79 Å². The standard InChI is InChI=1S/C27H24N4O3/c32-13-3-11-29-24-20-14-17(18-10-12-28-23(15-18)31-27(33)16-6-7-16)8-9-21(20)30-25-19-4-1-2-5-22(19)34-26(24)25/h1-2,4-5,8-10,12,14-16,32H,3,6-7,11,13H2,(H,29,30)(H,28,31,33). The first-order valence-corrected chi connectivity index (χ1v) is 11.6. The molecule has 0 atom stereocenters. The first-order chi connectivity index (χ1) is 16.7. The second-order valence-corrected chi connectivity index (χ2v) is 8.69. The lowest BCUT2D eigenvalue weighted by atomic mass is 10.0. The van der Waals surface area contributed by atoms with E-state index < -0.39 is 0 Å². The fraction of sp³-hybridized carbons (Fsp3) is 0.222. The van der Waals surface area contributed by atoms with Gasteiger partial charge >= 0.3 is 0 Å². The van der Waals surface area contributed by atoms with E-state index in [1.807, 2.05) is 48.5 Å². The second kappa shape index (κ2) is 8.43. The van der Waals surface area contributed by atoms with Crippen molar-refractivity contribution in [1.29, 1.82) is 0 Å². The van der Waals surface area contributed by atoms with Crippen LogP contribution in [0.25, 0.3) is 44.1 Å². The average molecular weight is 453 g/mol. The van der Waals surface area contributed by atoms with Crippen LogP contribution < -0.4 is 10.6 Å². The zero-order valence-electron chi connectivity index (χ0n) is 18.5. The summed E-state index contributed by atoms with van der Waals surface area (Å²) in [6, 6.07) is 17.8. The van der Waals surface area contributed by atoms with Crippen LogP contribution in [0.15, 0.2) is 65.2 Å². The molecule has 3 N–H and O–H groups in total. The Hall–Kier alpha value is -3.97. The number of carbonyl (C=O) groups excluding carboxylic acids is 1. The molecule has 3 aromatic heterocycles. The van der Waals surface area contributed by atoms with E-state index in [-0.39, 0.29) is 18.4 Å². The third-order valence-corrected chi connectivity index (χ3v) is 6.22. The van der Waals surface area contributed by atoms with Gasteiger partial charge in [0, 0.05) is 36.0 Å². The molecular formula is C27H24N4O3. The molecule has 34 heavy (non-hydrogen) atoms. The number of carbonyl (C=O) groups is 1. The second-order valence-electron chi connectivity index (χ2n) is 8.69. The van der Waals surface area contributed by atoms with Gasteiger partial charge in [-0.25, -0.2) is 9.97 Å². The van der Waals surface area contributed by atoms with Crippen molar-refractivity contribution in [3.05, 3.63) is 60.8 Å². The predicted molar refractivity (Wildman–Crippen MR) is 134 cm³/mol. The number of nitrogens with zero attached hydrogens (tertiary/aromatic N) is 2. The number of rotatable bonds is 7. The minimum absolute atomic E-state index is 0.0370. The van der Waals surface area contributed by atoms with E-state index in [0.29, 0.717) is 24.4 Å². The smallest absolute Gasteiger partial charge is 0.228 e. The number of hydrogen-bond acceptors (Lipinski definition) is 6. The summed E-state index contributed by atoms with van der Waals surface area (Å²) in [6.45, 7) is 0.718. The van der Waals surface area contributed by atoms with E-state index in [1.165, 1.54) is 0 Å². The molecule has 0 unspecified atom stereocenters. The van der Waals surface area contributed by atoms with Gasteiger partial charge < -0.3 is 20.2 Å². The maximum atomic E-state index is 12.2. The lowest BCUT2D eigenvalue weighted by molar-refractivity contribution is -0.117. The Labute approximate surface area is 195 Å². The third kappa shape index (κ3) is 3.74. The van der Waals surface area contributed by atoms with E-state index in [4.69, 9.17) is 9.40 Å². The van der Waals surface area contributed by atoms with Crippen LogP contribution in [-0.2, 0) is 4.79 Å². The number of nitrogens with one attached hydrogen (secondary N) is 2. The van der Waals surface area contributed by atoms with Gasteiger partial charge in [-0.2, -0.15) is 0 Å². The summed E-state index contributed by atoms with van der Waals surface area (Å²) in [4.78, 5) is 21.4. The lowest BCUT2D eigenvalue weighted by Crippen LogP contribution is -2.14. The number of benzene rings is 2. The highest BCUT2D eigenvalue weighted by Crippen LogP contribution is 2.38. The molecule has 6 rings (SSSR count). The van der Waals surface area contributed by atoms with Gasteiger partial charge in [-0.1, -0.05) is 18.2 Å². The molecule has 5 aromatic rings. The van der Waals surface area contributed by atoms with Crippen LogP contribution in [0, 0.1) is 5.92 Å². The Balaban J connectivity index is 1.47. The number of amides is 1. The van der Waals surface area contributed by atoms with E-state index in [9.17, 15) is 9.90 Å². The van der Waals surface area contributed by atoms with Crippen LogP contribution in [0.1, 0.15) is 19.3 Å². The fourth-order valence-electron chi connectivity index (χ4n) is 4.29. The number of furan rings is 1. The van der Waals surface area contributed by atoms with Gasteiger partial charge in [0.05, 0.1) is 11.2 Å². The summed E-state index contributed by atoms with van der Waals surface area (Å²) >= 11 is 0. The molecule has 170 valence electrons. The molecule has 7 heteroatoms. The molecular weight excluding hydrogens is 428 g/mol. The zero-order valence-corrected chi connectivity index (χ0v) is 18.5. The van der Waals surface area contributed by atoms with Crippen LogP contribution in [0.5, 0.6) is 0 Å². The van der Waals surface area contributed by atoms with Crippen molar-refractivity contribution in [2.75, 3.05) is 23.8 Å². The van der Waals surface area contributed by atoms with Crippen molar-refractivity contribution in [2.45, 2.75) is 19.3 Å². The summed E-state index contributed by atoms with van der Waals surface area (Å²) in [7, 11) is 0. The Kier molecular flexibility index (Phi) is 5.11. The summed E-state index contributed by atoms with van der Waals surface area (Å²) in [5, 5.41) is 17.6. The van der Waals surface area contributed by atoms with Crippen molar-refractivity contribution in [2.24, 2.45) is 5.92 Å². The van der Waals surface area contributed by atoms with Crippen LogP contribution in [0.3, 0.4) is 0 Å². The molecule has 7 nitrogen and oxygen atoms in total. The quantitative estimate of drug-likeness (QED) is 0.288. The van der Waals surface area contributed by atoms with Gasteiger partial charge in [0.15, 0.2) is 5.58 Å². The van der Waals surface area contributed by atoms with Gasteiger partial charge in [-0.05, 0) is 66.8 Å². The number of hydrogen-bond donors (Lipinski definition) is 3. The van der Waals surface area contributed by atoms with Crippen LogP contribution in [0.2, 0.25) is 0 Å². The third-order valence-electron chi connectivity index (χ3n) is 6.22. The van der Waals surface area contributed by atoms with Crippen LogP contribution >= 0.6 is 0 Å². The van der Waals surface area contributed by atoms with Crippen molar-refractivity contribution in [1.82, 2.24) is 9.97 Å². The maximum Gasteiger partial charge on any atom is 0.228 e. The highest BCUT2D eigenvalue weighted by Gasteiger charge is 2.29. The van der Waals surface area contributed by atoms with Gasteiger partial charge in [0.1, 0.15) is 16.9 Å². The number of aromatic nitrogens is 2. The fourth-order valence-corrected chi connectivity index (χ4v) is 4.29. The molecule has 0 bridgehead atoms. The maximum absolute atomic E-state index is 12.2. The molecule has 2 aromatic carbocycles. The summed E-state index contributed by atoms with van der Waals surface area (Å²) in [5.74, 6) is 0.715. The largest absolute Gasteiger partial charge is 0.452 e. The molecule has 1 fully saturated rings. The molecule has 1 amide bonds.